The number of carbonyl (C=O) groups excluding carboxylic acids is 1. The van der Waals surface area contributed by atoms with Gasteiger partial charge in [0.15, 0.2) is 0 Å². The summed E-state index contributed by atoms with van der Waals surface area (Å²) in [4.78, 5) is 19.9. The van der Waals surface area contributed by atoms with Gasteiger partial charge >= 0.3 is 29.6 Å². The third-order valence-electron chi connectivity index (χ3n) is 6.31. The molecule has 3 aromatic rings. The number of rotatable bonds is 12. The van der Waals surface area contributed by atoms with Gasteiger partial charge in [-0.15, -0.1) is 0 Å². The molecule has 196 valence electrons. The van der Waals surface area contributed by atoms with Gasteiger partial charge < -0.3 is 34.3 Å². The fourth-order valence-electron chi connectivity index (χ4n) is 4.55. The summed E-state index contributed by atoms with van der Waals surface area (Å²) in [6.07, 6.45) is 1.27. The molecule has 0 saturated carbocycles. The van der Waals surface area contributed by atoms with Crippen LogP contribution in [0, 0.1) is 6.92 Å². The predicted octanol–water partition coefficient (Wildman–Crippen LogP) is -0.528. The van der Waals surface area contributed by atoms with Crippen LogP contribution in [0.2, 0.25) is 0 Å². The topological polar surface area (TPSA) is 134 Å². The van der Waals surface area contributed by atoms with E-state index in [1.165, 1.54) is 5.56 Å². The molecule has 0 saturated heterocycles. The van der Waals surface area contributed by atoms with Crippen LogP contribution in [0.25, 0.3) is 11.1 Å². The Kier molecular flexibility index (Phi) is 11.1. The van der Waals surface area contributed by atoms with Gasteiger partial charge in [-0.25, -0.2) is 9.97 Å². The molecule has 0 amide bonds. The standard InChI is InChI=1S/C28H32N2O7.Na/c1-3-35-25(13-28(33)34)18-7-11-26(29-14-18)37-24-10-8-22-21(5-4-6-23(22)24)20-9-12-27(30-17(20)2)36-16-19(32)15-31;/h4-7,9,11-12,14,19,24-25,31-32H,3,8,10,13,15-16H2,1-2H3,(H,33,34);/q;+1/p-1/t19-,24-,25+;/m1./s1. The molecular formula is C28H31N2NaO7. The van der Waals surface area contributed by atoms with Gasteiger partial charge in [-0.05, 0) is 61.1 Å². The number of carboxylic acid groups (broad SMARTS) is 1. The van der Waals surface area contributed by atoms with E-state index >= 15 is 0 Å². The number of aryl methyl sites for hydroxylation is 1. The van der Waals surface area contributed by atoms with Crippen LogP contribution in [0.1, 0.15) is 54.4 Å². The summed E-state index contributed by atoms with van der Waals surface area (Å²) in [5, 5.41) is 29.5. The number of aromatic nitrogens is 2. The Hall–Kier alpha value is -2.53. The van der Waals surface area contributed by atoms with Crippen molar-refractivity contribution in [2.45, 2.75) is 51.4 Å². The molecule has 0 unspecified atom stereocenters. The zero-order valence-corrected chi connectivity index (χ0v) is 23.9. The number of aliphatic carboxylic acids is 1. The third-order valence-corrected chi connectivity index (χ3v) is 6.31. The van der Waals surface area contributed by atoms with Gasteiger partial charge in [0.2, 0.25) is 11.8 Å². The van der Waals surface area contributed by atoms with Crippen molar-refractivity contribution in [3.05, 3.63) is 71.0 Å². The molecule has 10 heteroatoms. The number of nitrogens with zero attached hydrogens (tertiary/aromatic N) is 2. The molecule has 0 spiro atoms. The van der Waals surface area contributed by atoms with Crippen molar-refractivity contribution < 1.29 is 63.9 Å². The second-order valence-corrected chi connectivity index (χ2v) is 8.90. The summed E-state index contributed by atoms with van der Waals surface area (Å²) < 4.78 is 17.2. The van der Waals surface area contributed by atoms with Crippen LogP contribution < -0.4 is 44.1 Å². The van der Waals surface area contributed by atoms with Crippen LogP contribution in [0.4, 0.5) is 0 Å². The average Bonchev–Trinajstić information content (AvgIpc) is 3.30. The Bertz CT molecular complexity index is 1220. The number of hydrogen-bond donors (Lipinski definition) is 2. The van der Waals surface area contributed by atoms with Crippen molar-refractivity contribution in [2.75, 3.05) is 19.8 Å². The van der Waals surface area contributed by atoms with E-state index in [9.17, 15) is 15.0 Å². The minimum Gasteiger partial charge on any atom is -0.550 e. The Labute approximate surface area is 244 Å². The molecule has 1 aliphatic carbocycles. The Balaban J connectivity index is 0.00000400. The van der Waals surface area contributed by atoms with Crippen LogP contribution in [-0.2, 0) is 16.0 Å². The summed E-state index contributed by atoms with van der Waals surface area (Å²) in [7, 11) is 0. The van der Waals surface area contributed by atoms with Crippen LogP contribution in [0.5, 0.6) is 11.8 Å². The molecular weight excluding hydrogens is 499 g/mol. The van der Waals surface area contributed by atoms with Crippen molar-refractivity contribution in [1.82, 2.24) is 9.97 Å². The number of hydrogen-bond acceptors (Lipinski definition) is 9. The van der Waals surface area contributed by atoms with Gasteiger partial charge in [0, 0.05) is 48.6 Å². The molecule has 9 nitrogen and oxygen atoms in total. The second-order valence-electron chi connectivity index (χ2n) is 8.90. The maximum absolute atomic E-state index is 11.0. The van der Waals surface area contributed by atoms with Gasteiger partial charge in [0.1, 0.15) is 18.8 Å². The molecule has 0 fully saturated rings. The van der Waals surface area contributed by atoms with Crippen molar-refractivity contribution >= 4 is 5.97 Å². The normalized spacial score (nSPS) is 15.7. The van der Waals surface area contributed by atoms with Crippen LogP contribution in [0.3, 0.4) is 0 Å². The Morgan fingerprint density at radius 1 is 1.16 bits per heavy atom. The second kappa shape index (κ2) is 14.0. The molecule has 0 aliphatic heterocycles. The summed E-state index contributed by atoms with van der Waals surface area (Å²) in [6, 6.07) is 13.4. The zero-order chi connectivity index (χ0) is 26.4. The number of carboxylic acids is 1. The van der Waals surface area contributed by atoms with E-state index in [4.69, 9.17) is 19.3 Å². The van der Waals surface area contributed by atoms with Gasteiger partial charge in [-0.2, -0.15) is 0 Å². The molecule has 1 aromatic carbocycles. The van der Waals surface area contributed by atoms with Crippen molar-refractivity contribution in [1.29, 1.82) is 0 Å². The molecule has 4 rings (SSSR count). The molecule has 0 bridgehead atoms. The molecule has 2 aromatic heterocycles. The first kappa shape index (κ1) is 30.0. The van der Waals surface area contributed by atoms with E-state index in [1.54, 1.807) is 24.4 Å². The van der Waals surface area contributed by atoms with E-state index in [2.05, 4.69) is 22.1 Å². The summed E-state index contributed by atoms with van der Waals surface area (Å²) in [6.45, 7) is 3.71. The SMILES string of the molecule is CCO[C@@H](CC(=O)[O-])c1ccc(O[C@@H]2CCc3c(-c4ccc(OC[C@H](O)CO)nc4C)cccc32)nc1.[Na+]. The van der Waals surface area contributed by atoms with Crippen LogP contribution in [0.15, 0.2) is 48.7 Å². The van der Waals surface area contributed by atoms with Gasteiger partial charge in [0.05, 0.1) is 12.7 Å². The summed E-state index contributed by atoms with van der Waals surface area (Å²) in [5.74, 6) is -0.325. The quantitative estimate of drug-likeness (QED) is 0.297. The number of fused-ring (bicyclic) bond motifs is 1. The summed E-state index contributed by atoms with van der Waals surface area (Å²) >= 11 is 0. The minimum atomic E-state index is -1.18. The van der Waals surface area contributed by atoms with E-state index < -0.39 is 18.2 Å². The molecule has 2 N–H and O–H groups in total. The van der Waals surface area contributed by atoms with E-state index in [0.717, 1.165) is 35.2 Å². The average molecular weight is 531 g/mol. The number of aliphatic hydroxyl groups is 2. The van der Waals surface area contributed by atoms with Crippen molar-refractivity contribution in [2.24, 2.45) is 0 Å². The third kappa shape index (κ3) is 7.31. The monoisotopic (exact) mass is 530 g/mol. The minimum absolute atomic E-state index is 0. The molecule has 0 radical (unpaired) electrons. The van der Waals surface area contributed by atoms with Crippen molar-refractivity contribution in [3.8, 4) is 22.9 Å². The molecule has 1 aliphatic rings. The fourth-order valence-corrected chi connectivity index (χ4v) is 4.55. The van der Waals surface area contributed by atoms with Gasteiger partial charge in [-0.1, -0.05) is 18.2 Å². The molecule has 38 heavy (non-hydrogen) atoms. The maximum atomic E-state index is 11.0. The Morgan fingerprint density at radius 3 is 2.61 bits per heavy atom. The van der Waals surface area contributed by atoms with Gasteiger partial charge in [-0.3, -0.25) is 0 Å². The molecule has 2 heterocycles. The largest absolute Gasteiger partial charge is 1.00 e. The van der Waals surface area contributed by atoms with Gasteiger partial charge in [0.25, 0.3) is 0 Å². The van der Waals surface area contributed by atoms with Crippen molar-refractivity contribution in [3.63, 3.8) is 0 Å². The van der Waals surface area contributed by atoms with E-state index in [1.807, 2.05) is 26.0 Å². The van der Waals surface area contributed by atoms with Crippen LogP contribution >= 0.6 is 0 Å². The zero-order valence-electron chi connectivity index (χ0n) is 21.9. The van der Waals surface area contributed by atoms with E-state index in [-0.39, 0.29) is 55.3 Å². The number of benzene rings is 1. The van der Waals surface area contributed by atoms with E-state index in [0.29, 0.717) is 23.9 Å². The number of ether oxygens (including phenoxy) is 3. The predicted molar refractivity (Wildman–Crippen MR) is 133 cm³/mol. The maximum Gasteiger partial charge on any atom is 1.00 e. The van der Waals surface area contributed by atoms with Crippen LogP contribution in [-0.4, -0.2) is 52.1 Å². The summed E-state index contributed by atoms with van der Waals surface area (Å²) in [5.41, 5.74) is 5.83. The fraction of sp³-hybridized carbons (Fsp3) is 0.393. The molecule has 3 atom stereocenters. The number of pyridine rings is 2. The first-order valence-corrected chi connectivity index (χ1v) is 12.3. The first-order chi connectivity index (χ1) is 17.9. The first-order valence-electron chi connectivity index (χ1n) is 12.3. The number of aliphatic hydroxyl groups excluding tert-OH is 2. The number of carbonyl (C=O) groups is 1. The Morgan fingerprint density at radius 2 is 1.95 bits per heavy atom. The smallest absolute Gasteiger partial charge is 0.550 e.